The van der Waals surface area contributed by atoms with Crippen molar-refractivity contribution in [3.63, 3.8) is 0 Å². The predicted molar refractivity (Wildman–Crippen MR) is 125 cm³/mol. The summed E-state index contributed by atoms with van der Waals surface area (Å²) in [5.74, 6) is 0.105. The van der Waals surface area contributed by atoms with E-state index in [9.17, 15) is 15.5 Å². The van der Waals surface area contributed by atoms with E-state index in [4.69, 9.17) is 10.5 Å². The lowest BCUT2D eigenvalue weighted by atomic mass is 9.92. The second kappa shape index (κ2) is 10.3. The fourth-order valence-corrected chi connectivity index (χ4v) is 3.21. The summed E-state index contributed by atoms with van der Waals surface area (Å²) in [5, 5.41) is 52.8. The third-order valence-electron chi connectivity index (χ3n) is 5.01. The fourth-order valence-electron chi connectivity index (χ4n) is 3.21. The summed E-state index contributed by atoms with van der Waals surface area (Å²) in [4.78, 5) is 0. The maximum atomic E-state index is 9.62. The molecule has 0 amide bonds. The Bertz CT molecular complexity index is 1240. The minimum absolute atomic E-state index is 0.0254. The van der Waals surface area contributed by atoms with Crippen molar-refractivity contribution in [1.29, 1.82) is 15.8 Å². The van der Waals surface area contributed by atoms with Gasteiger partial charge in [-0.25, -0.2) is 0 Å². The first-order valence-corrected chi connectivity index (χ1v) is 9.87. The summed E-state index contributed by atoms with van der Waals surface area (Å²) in [6, 6.07) is 25.9. The van der Waals surface area contributed by atoms with Gasteiger partial charge in [0.2, 0.25) is 0 Å². The summed E-state index contributed by atoms with van der Waals surface area (Å²) < 4.78 is 0. The molecule has 3 rings (SSSR count). The molecule has 0 aromatic heterocycles. The second-order valence-corrected chi connectivity index (χ2v) is 7.08. The number of benzene rings is 3. The fraction of sp³-hybridized carbons (Fsp3) is 0.0769. The van der Waals surface area contributed by atoms with Crippen molar-refractivity contribution >= 4 is 17.5 Å². The highest BCUT2D eigenvalue weighted by Crippen LogP contribution is 2.27. The minimum Gasteiger partial charge on any atom is -0.508 e. The van der Waals surface area contributed by atoms with Gasteiger partial charge in [-0.3, -0.25) is 5.01 Å². The van der Waals surface area contributed by atoms with Gasteiger partial charge in [-0.15, -0.1) is 0 Å². The Morgan fingerprint density at radius 1 is 0.788 bits per heavy atom. The van der Waals surface area contributed by atoms with E-state index < -0.39 is 0 Å². The van der Waals surface area contributed by atoms with Crippen LogP contribution in [0, 0.1) is 34.0 Å². The quantitative estimate of drug-likeness (QED) is 0.330. The van der Waals surface area contributed by atoms with Crippen LogP contribution in [0.5, 0.6) is 11.5 Å². The predicted octanol–water partition coefficient (Wildman–Crippen LogP) is 4.68. The largest absolute Gasteiger partial charge is 0.508 e. The van der Waals surface area contributed by atoms with Gasteiger partial charge in [0.05, 0.1) is 11.3 Å². The molecule has 0 spiro atoms. The molecule has 0 radical (unpaired) electrons. The number of rotatable bonds is 6. The summed E-state index contributed by atoms with van der Waals surface area (Å²) in [6.45, 7) is 0. The molecule has 0 atom stereocenters. The summed E-state index contributed by atoms with van der Waals surface area (Å²) in [5.41, 5.74) is 2.83. The van der Waals surface area contributed by atoms with Gasteiger partial charge in [-0.05, 0) is 53.1 Å². The van der Waals surface area contributed by atoms with E-state index in [2.05, 4.69) is 5.10 Å². The molecular formula is C26H19N5O2. The lowest BCUT2D eigenvalue weighted by molar-refractivity contribution is 0.475. The van der Waals surface area contributed by atoms with Crippen LogP contribution in [-0.4, -0.2) is 23.5 Å². The Labute approximate surface area is 191 Å². The SMILES string of the molecule is CN(N=CC(c1ccc(O)cc1)c1ccc(O)cc1)c1ccc(C(C#N)=C(C#N)C#N)cc1. The van der Waals surface area contributed by atoms with Crippen molar-refractivity contribution in [3.05, 3.63) is 95.1 Å². The molecule has 0 bridgehead atoms. The zero-order chi connectivity index (χ0) is 23.8. The third kappa shape index (κ3) is 5.35. The Morgan fingerprint density at radius 2 is 1.27 bits per heavy atom. The number of nitriles is 3. The van der Waals surface area contributed by atoms with E-state index in [1.165, 1.54) is 0 Å². The van der Waals surface area contributed by atoms with E-state index >= 15 is 0 Å². The lowest BCUT2D eigenvalue weighted by Gasteiger charge is -2.17. The average molecular weight is 433 g/mol. The Balaban J connectivity index is 1.89. The average Bonchev–Trinajstić information content (AvgIpc) is 2.84. The van der Waals surface area contributed by atoms with Crippen LogP contribution in [0.1, 0.15) is 22.6 Å². The molecule has 0 aliphatic carbocycles. The van der Waals surface area contributed by atoms with Crippen LogP contribution in [0.15, 0.2) is 83.5 Å². The lowest BCUT2D eigenvalue weighted by Crippen LogP contribution is -2.12. The number of nitrogens with zero attached hydrogens (tertiary/aromatic N) is 5. The number of anilines is 1. The van der Waals surface area contributed by atoms with Crippen LogP contribution in [0.2, 0.25) is 0 Å². The molecule has 0 fully saturated rings. The number of aromatic hydroxyl groups is 2. The maximum absolute atomic E-state index is 9.62. The van der Waals surface area contributed by atoms with E-state index in [0.29, 0.717) is 5.56 Å². The number of allylic oxidation sites excluding steroid dienone is 2. The van der Waals surface area contributed by atoms with Gasteiger partial charge in [0.1, 0.15) is 35.3 Å². The maximum Gasteiger partial charge on any atom is 0.148 e. The molecule has 33 heavy (non-hydrogen) atoms. The van der Waals surface area contributed by atoms with Crippen LogP contribution >= 0.6 is 0 Å². The smallest absolute Gasteiger partial charge is 0.148 e. The topological polar surface area (TPSA) is 127 Å². The Morgan fingerprint density at radius 3 is 1.70 bits per heavy atom. The van der Waals surface area contributed by atoms with Crippen molar-refractivity contribution in [2.75, 3.05) is 12.1 Å². The molecule has 7 nitrogen and oxygen atoms in total. The third-order valence-corrected chi connectivity index (χ3v) is 5.01. The zero-order valence-electron chi connectivity index (χ0n) is 17.7. The van der Waals surface area contributed by atoms with Gasteiger partial charge in [0.25, 0.3) is 0 Å². The number of hydrogen-bond donors (Lipinski definition) is 2. The molecule has 7 heteroatoms. The van der Waals surface area contributed by atoms with Crippen LogP contribution in [-0.2, 0) is 0 Å². The summed E-state index contributed by atoms with van der Waals surface area (Å²) in [6.07, 6.45) is 1.76. The second-order valence-electron chi connectivity index (χ2n) is 7.08. The molecule has 160 valence electrons. The monoisotopic (exact) mass is 433 g/mol. The van der Waals surface area contributed by atoms with Crippen molar-refractivity contribution in [2.24, 2.45) is 5.10 Å². The molecule has 0 aliphatic heterocycles. The molecule has 0 aliphatic rings. The first kappa shape index (κ1) is 22.6. The summed E-state index contributed by atoms with van der Waals surface area (Å²) >= 11 is 0. The number of phenolic OH excluding ortho intramolecular Hbond substituents is 2. The Hall–Kier alpha value is -5.06. The van der Waals surface area contributed by atoms with Crippen LogP contribution in [0.3, 0.4) is 0 Å². The highest BCUT2D eigenvalue weighted by molar-refractivity contribution is 5.84. The molecule has 0 heterocycles. The van der Waals surface area contributed by atoms with Crippen LogP contribution < -0.4 is 5.01 Å². The van der Waals surface area contributed by atoms with Crippen molar-refractivity contribution in [3.8, 4) is 29.7 Å². The molecule has 3 aromatic carbocycles. The Kier molecular flexibility index (Phi) is 7.06. The minimum atomic E-state index is -0.234. The summed E-state index contributed by atoms with van der Waals surface area (Å²) in [7, 11) is 1.77. The van der Waals surface area contributed by atoms with Gasteiger partial charge < -0.3 is 10.2 Å². The van der Waals surface area contributed by atoms with Crippen molar-refractivity contribution in [2.45, 2.75) is 5.92 Å². The van der Waals surface area contributed by atoms with Gasteiger partial charge >= 0.3 is 0 Å². The van der Waals surface area contributed by atoms with Crippen molar-refractivity contribution < 1.29 is 10.2 Å². The zero-order valence-corrected chi connectivity index (χ0v) is 17.7. The highest BCUT2D eigenvalue weighted by atomic mass is 16.3. The van der Waals surface area contributed by atoms with E-state index in [0.717, 1.165) is 16.8 Å². The molecule has 0 saturated heterocycles. The normalized spacial score (nSPS) is 10.3. The number of hydrogen-bond acceptors (Lipinski definition) is 7. The van der Waals surface area contributed by atoms with Crippen LogP contribution in [0.25, 0.3) is 5.57 Å². The van der Waals surface area contributed by atoms with Gasteiger partial charge in [0.15, 0.2) is 0 Å². The van der Waals surface area contributed by atoms with Crippen LogP contribution in [0.4, 0.5) is 5.69 Å². The van der Waals surface area contributed by atoms with Gasteiger partial charge in [-0.2, -0.15) is 20.9 Å². The van der Waals surface area contributed by atoms with Gasteiger partial charge in [0, 0.05) is 19.2 Å². The molecule has 2 N–H and O–H groups in total. The van der Waals surface area contributed by atoms with Gasteiger partial charge in [-0.1, -0.05) is 36.4 Å². The van der Waals surface area contributed by atoms with E-state index in [1.807, 2.05) is 30.3 Å². The highest BCUT2D eigenvalue weighted by Gasteiger charge is 2.14. The number of hydrazone groups is 1. The molecule has 0 unspecified atom stereocenters. The molecule has 0 saturated carbocycles. The van der Waals surface area contributed by atoms with E-state index in [1.54, 1.807) is 78.9 Å². The van der Waals surface area contributed by atoms with E-state index in [-0.39, 0.29) is 28.6 Å². The standard InChI is InChI=1S/C26H19N5O2/c1-31(22-8-2-18(3-9-22)25(16-29)21(14-27)15-28)30-17-26(19-4-10-23(32)11-5-19)20-6-12-24(33)13-7-20/h2-13,17,26,32-33H,1H3. The first-order valence-electron chi connectivity index (χ1n) is 9.87. The molecule has 3 aromatic rings. The van der Waals surface area contributed by atoms with Crippen molar-refractivity contribution in [1.82, 2.24) is 0 Å². The number of phenols is 2. The molecular weight excluding hydrogens is 414 g/mol. The first-order chi connectivity index (χ1) is 16.0.